The lowest BCUT2D eigenvalue weighted by Crippen LogP contribution is -2.45. The smallest absolute Gasteiger partial charge is 0.261 e. The molecule has 3 atom stereocenters. The van der Waals surface area contributed by atoms with Crippen molar-refractivity contribution in [2.45, 2.75) is 58.4 Å². The number of amides is 1. The molecule has 1 heterocycles. The van der Waals surface area contributed by atoms with Crippen LogP contribution >= 0.6 is 0 Å². The Balaban J connectivity index is 1.84. The molecular formula is C18H24N2O3. The Kier molecular flexibility index (Phi) is 4.37. The van der Waals surface area contributed by atoms with Crippen molar-refractivity contribution in [1.82, 2.24) is 10.3 Å². The van der Waals surface area contributed by atoms with Crippen LogP contribution in [0.4, 0.5) is 0 Å². The van der Waals surface area contributed by atoms with E-state index in [1.807, 2.05) is 0 Å². The number of Topliss-reactive ketones (excluding diaryl/α,β-unsaturated/α-hetero) is 1. The Hall–Kier alpha value is -1.91. The van der Waals surface area contributed by atoms with Crippen molar-refractivity contribution in [2.75, 3.05) is 0 Å². The molecule has 1 amide bonds. The molecule has 0 unspecified atom stereocenters. The standard InChI is InChI=1S/C18H24N2O3/c1-10-5-3-6-14(11(10)2)19-17(22)13-9-12-15(20-18(13)23)7-4-8-16(12)21/h9-11,14H,3-8H2,1-2H3,(H,19,22)(H,20,23)/t10-,11-,14-/m1/s1. The molecule has 1 fully saturated rings. The maximum atomic E-state index is 12.5. The van der Waals surface area contributed by atoms with Gasteiger partial charge in [-0.3, -0.25) is 14.4 Å². The van der Waals surface area contributed by atoms with Crippen LogP contribution in [0.2, 0.25) is 0 Å². The predicted molar refractivity (Wildman–Crippen MR) is 87.8 cm³/mol. The number of carbonyl (C=O) groups excluding carboxylic acids is 2. The second-order valence-electron chi connectivity index (χ2n) is 7.03. The quantitative estimate of drug-likeness (QED) is 0.879. The Bertz CT molecular complexity index is 692. The SMILES string of the molecule is C[C@@H]1[C@H](C)CCC[C@H]1NC(=O)c1cc2c([nH]c1=O)CCCC2=O. The van der Waals surface area contributed by atoms with E-state index in [0.29, 0.717) is 35.9 Å². The first-order valence-corrected chi connectivity index (χ1v) is 8.57. The summed E-state index contributed by atoms with van der Waals surface area (Å²) in [6.07, 6.45) is 5.15. The number of aryl methyl sites for hydroxylation is 1. The van der Waals surface area contributed by atoms with Gasteiger partial charge in [0.1, 0.15) is 5.56 Å². The largest absolute Gasteiger partial charge is 0.349 e. The zero-order valence-corrected chi connectivity index (χ0v) is 13.8. The van der Waals surface area contributed by atoms with Gasteiger partial charge in [-0.15, -0.1) is 0 Å². The van der Waals surface area contributed by atoms with Gasteiger partial charge in [0, 0.05) is 23.7 Å². The summed E-state index contributed by atoms with van der Waals surface area (Å²) < 4.78 is 0. The number of ketones is 1. The van der Waals surface area contributed by atoms with E-state index < -0.39 is 5.56 Å². The number of rotatable bonds is 2. The third-order valence-electron chi connectivity index (χ3n) is 5.52. The normalized spacial score (nSPS) is 27.4. The van der Waals surface area contributed by atoms with Gasteiger partial charge in [-0.2, -0.15) is 0 Å². The lowest BCUT2D eigenvalue weighted by atomic mass is 9.78. The number of fused-ring (bicyclic) bond motifs is 1. The van der Waals surface area contributed by atoms with Crippen LogP contribution in [0.1, 0.15) is 72.4 Å². The van der Waals surface area contributed by atoms with E-state index in [1.54, 1.807) is 0 Å². The van der Waals surface area contributed by atoms with Crippen LogP contribution in [0, 0.1) is 11.8 Å². The monoisotopic (exact) mass is 316 g/mol. The van der Waals surface area contributed by atoms with Crippen molar-refractivity contribution in [1.29, 1.82) is 0 Å². The molecule has 2 N–H and O–H groups in total. The summed E-state index contributed by atoms with van der Waals surface area (Å²) in [7, 11) is 0. The van der Waals surface area contributed by atoms with E-state index in [4.69, 9.17) is 0 Å². The minimum atomic E-state index is -0.396. The number of carbonyl (C=O) groups is 2. The van der Waals surface area contributed by atoms with E-state index in [0.717, 1.165) is 19.3 Å². The van der Waals surface area contributed by atoms with Crippen LogP contribution in [-0.4, -0.2) is 22.7 Å². The summed E-state index contributed by atoms with van der Waals surface area (Å²) in [6.45, 7) is 4.35. The lowest BCUT2D eigenvalue weighted by molar-refractivity contribution is 0.0889. The second-order valence-corrected chi connectivity index (χ2v) is 7.03. The number of aromatic amines is 1. The van der Waals surface area contributed by atoms with Gasteiger partial charge in [-0.25, -0.2) is 0 Å². The molecule has 5 nitrogen and oxygen atoms in total. The summed E-state index contributed by atoms with van der Waals surface area (Å²) in [5, 5.41) is 3.01. The van der Waals surface area contributed by atoms with Crippen LogP contribution in [-0.2, 0) is 6.42 Å². The summed E-state index contributed by atoms with van der Waals surface area (Å²) in [4.78, 5) is 39.5. The maximum absolute atomic E-state index is 12.5. The van der Waals surface area contributed by atoms with Crippen molar-refractivity contribution in [2.24, 2.45) is 11.8 Å². The topological polar surface area (TPSA) is 79.0 Å². The van der Waals surface area contributed by atoms with Gasteiger partial charge in [0.15, 0.2) is 5.78 Å². The number of nitrogens with one attached hydrogen (secondary N) is 2. The number of pyridine rings is 1. The Morgan fingerprint density at radius 3 is 2.74 bits per heavy atom. The van der Waals surface area contributed by atoms with Gasteiger partial charge in [0.2, 0.25) is 0 Å². The van der Waals surface area contributed by atoms with Crippen molar-refractivity contribution >= 4 is 11.7 Å². The van der Waals surface area contributed by atoms with Crippen molar-refractivity contribution in [3.05, 3.63) is 33.2 Å². The minimum Gasteiger partial charge on any atom is -0.349 e. The highest BCUT2D eigenvalue weighted by atomic mass is 16.2. The summed E-state index contributed by atoms with van der Waals surface area (Å²) in [5.74, 6) is 0.609. The predicted octanol–water partition coefficient (Wildman–Crippen LogP) is 2.45. The highest BCUT2D eigenvalue weighted by Gasteiger charge is 2.29. The molecule has 5 heteroatoms. The van der Waals surface area contributed by atoms with Crippen LogP contribution in [0.25, 0.3) is 0 Å². The molecule has 0 aromatic carbocycles. The molecule has 2 aliphatic rings. The lowest BCUT2D eigenvalue weighted by Gasteiger charge is -2.34. The highest BCUT2D eigenvalue weighted by molar-refractivity contribution is 6.01. The fourth-order valence-electron chi connectivity index (χ4n) is 3.78. The zero-order chi connectivity index (χ0) is 16.6. The molecule has 1 aromatic rings. The molecule has 2 aliphatic carbocycles. The van der Waals surface area contributed by atoms with Gasteiger partial charge < -0.3 is 10.3 Å². The van der Waals surface area contributed by atoms with Crippen LogP contribution in [0.3, 0.4) is 0 Å². The van der Waals surface area contributed by atoms with Gasteiger partial charge in [-0.05, 0) is 37.2 Å². The highest BCUT2D eigenvalue weighted by Crippen LogP contribution is 2.29. The van der Waals surface area contributed by atoms with Crippen molar-refractivity contribution < 1.29 is 9.59 Å². The third kappa shape index (κ3) is 3.09. The number of hydrogen-bond acceptors (Lipinski definition) is 3. The Morgan fingerprint density at radius 2 is 1.96 bits per heavy atom. The molecule has 23 heavy (non-hydrogen) atoms. The number of H-pyrrole nitrogens is 1. The zero-order valence-electron chi connectivity index (χ0n) is 13.8. The fourth-order valence-corrected chi connectivity index (χ4v) is 3.78. The maximum Gasteiger partial charge on any atom is 0.261 e. The van der Waals surface area contributed by atoms with Gasteiger partial charge in [-0.1, -0.05) is 26.7 Å². The van der Waals surface area contributed by atoms with E-state index in [-0.39, 0.29) is 23.3 Å². The van der Waals surface area contributed by atoms with Crippen molar-refractivity contribution in [3.63, 3.8) is 0 Å². The van der Waals surface area contributed by atoms with E-state index in [2.05, 4.69) is 24.1 Å². The van der Waals surface area contributed by atoms with Crippen molar-refractivity contribution in [3.8, 4) is 0 Å². The average molecular weight is 316 g/mol. The third-order valence-corrected chi connectivity index (χ3v) is 5.52. The first kappa shape index (κ1) is 16.0. The van der Waals surface area contributed by atoms with Crippen LogP contribution in [0.5, 0.6) is 0 Å². The molecule has 124 valence electrons. The van der Waals surface area contributed by atoms with Gasteiger partial charge in [0.05, 0.1) is 0 Å². The summed E-state index contributed by atoms with van der Waals surface area (Å²) in [5.41, 5.74) is 0.838. The first-order valence-electron chi connectivity index (χ1n) is 8.57. The molecule has 1 aromatic heterocycles. The summed E-state index contributed by atoms with van der Waals surface area (Å²) in [6, 6.07) is 1.58. The minimum absolute atomic E-state index is 0.0104. The molecule has 1 saturated carbocycles. The number of hydrogen-bond donors (Lipinski definition) is 2. The average Bonchev–Trinajstić information content (AvgIpc) is 2.51. The Morgan fingerprint density at radius 1 is 1.17 bits per heavy atom. The molecule has 3 rings (SSSR count). The van der Waals surface area contributed by atoms with E-state index in [1.165, 1.54) is 12.5 Å². The first-order chi connectivity index (χ1) is 11.0. The molecular weight excluding hydrogens is 292 g/mol. The molecule has 0 spiro atoms. The fraction of sp³-hybridized carbons (Fsp3) is 0.611. The summed E-state index contributed by atoms with van der Waals surface area (Å²) >= 11 is 0. The van der Waals surface area contributed by atoms with Gasteiger partial charge in [0.25, 0.3) is 11.5 Å². The van der Waals surface area contributed by atoms with Crippen LogP contribution < -0.4 is 10.9 Å². The molecule has 0 bridgehead atoms. The van der Waals surface area contributed by atoms with E-state index >= 15 is 0 Å². The number of aromatic nitrogens is 1. The molecule has 0 aliphatic heterocycles. The molecule has 0 radical (unpaired) electrons. The van der Waals surface area contributed by atoms with Crippen LogP contribution in [0.15, 0.2) is 10.9 Å². The molecule has 0 saturated heterocycles. The van der Waals surface area contributed by atoms with E-state index in [9.17, 15) is 14.4 Å². The van der Waals surface area contributed by atoms with Gasteiger partial charge >= 0.3 is 0 Å². The Labute approximate surface area is 135 Å². The second kappa shape index (κ2) is 6.30.